The van der Waals surface area contributed by atoms with Gasteiger partial charge in [0.05, 0.1) is 15.3 Å². The summed E-state index contributed by atoms with van der Waals surface area (Å²) in [6.07, 6.45) is -1.13. The Kier molecular flexibility index (Phi) is 5.33. The van der Waals surface area contributed by atoms with E-state index < -0.39 is 21.1 Å². The Hall–Kier alpha value is -3.14. The van der Waals surface area contributed by atoms with Crippen molar-refractivity contribution >= 4 is 55.0 Å². The van der Waals surface area contributed by atoms with Crippen molar-refractivity contribution in [1.29, 1.82) is 0 Å². The third-order valence-electron chi connectivity index (χ3n) is 4.01. The number of sulfonamides is 1. The monoisotopic (exact) mass is 461 g/mol. The van der Waals surface area contributed by atoms with E-state index in [1.165, 1.54) is 54.6 Å². The zero-order chi connectivity index (χ0) is 21.3. The normalized spacial score (nSPS) is 11.4. The molecule has 7 nitrogen and oxygen atoms in total. The predicted molar refractivity (Wildman–Crippen MR) is 114 cm³/mol. The van der Waals surface area contributed by atoms with E-state index in [2.05, 4.69) is 0 Å². The van der Waals surface area contributed by atoms with Crippen LogP contribution in [-0.4, -0.2) is 14.5 Å². The van der Waals surface area contributed by atoms with Gasteiger partial charge in [-0.1, -0.05) is 41.1 Å². The number of amides is 1. The number of anilines is 1. The second-order valence-corrected chi connectivity index (χ2v) is 9.19. The molecule has 0 fully saturated rings. The quantitative estimate of drug-likeness (QED) is 0.429. The Balaban J connectivity index is 1.83. The van der Waals surface area contributed by atoms with Crippen molar-refractivity contribution in [3.63, 3.8) is 0 Å². The van der Waals surface area contributed by atoms with Crippen LogP contribution in [0.2, 0.25) is 5.02 Å². The van der Waals surface area contributed by atoms with Crippen molar-refractivity contribution in [2.24, 2.45) is 0 Å². The van der Waals surface area contributed by atoms with Gasteiger partial charge in [-0.3, -0.25) is 0 Å². The average molecular weight is 462 g/mol. The van der Waals surface area contributed by atoms with Crippen molar-refractivity contribution in [2.45, 2.75) is 4.90 Å². The van der Waals surface area contributed by atoms with E-state index in [-0.39, 0.29) is 21.9 Å². The molecule has 4 aromatic rings. The molecular formula is C20H12ClNO6S2. The number of carbonyl (C=O) groups excluding carboxylic acids is 1. The Labute approximate surface area is 179 Å². The number of rotatable bonds is 4. The van der Waals surface area contributed by atoms with Gasteiger partial charge in [-0.25, -0.2) is 18.0 Å². The largest absolute Gasteiger partial charge is 0.434 e. The van der Waals surface area contributed by atoms with Crippen LogP contribution in [0.4, 0.5) is 10.5 Å². The summed E-state index contributed by atoms with van der Waals surface area (Å²) in [7, 11) is -4.36. The molecule has 0 aliphatic heterocycles. The summed E-state index contributed by atoms with van der Waals surface area (Å²) in [5.74, 6) is 0.174. The molecule has 0 aliphatic rings. The van der Waals surface area contributed by atoms with Gasteiger partial charge in [0.1, 0.15) is 11.3 Å². The van der Waals surface area contributed by atoms with Gasteiger partial charge in [0.2, 0.25) is 0 Å². The molecule has 0 bridgehead atoms. The van der Waals surface area contributed by atoms with E-state index in [4.69, 9.17) is 20.8 Å². The van der Waals surface area contributed by atoms with Gasteiger partial charge >= 0.3 is 11.0 Å². The number of benzene rings is 3. The molecule has 1 amide bonds. The first-order valence-corrected chi connectivity index (χ1v) is 11.1. The second-order valence-electron chi connectivity index (χ2n) is 5.99. The van der Waals surface area contributed by atoms with Gasteiger partial charge in [0.15, 0.2) is 0 Å². The third kappa shape index (κ3) is 3.95. The Morgan fingerprint density at radius 2 is 1.70 bits per heavy atom. The topological polar surface area (TPSA) is 93.9 Å². The highest BCUT2D eigenvalue weighted by Crippen LogP contribution is 2.30. The minimum Gasteiger partial charge on any atom is -0.414 e. The number of fused-ring (bicyclic) bond motifs is 1. The lowest BCUT2D eigenvalue weighted by Crippen LogP contribution is -2.39. The van der Waals surface area contributed by atoms with Gasteiger partial charge in [0.25, 0.3) is 10.0 Å². The van der Waals surface area contributed by atoms with Crippen LogP contribution in [-0.2, 0) is 10.0 Å². The molecule has 0 aliphatic carbocycles. The van der Waals surface area contributed by atoms with Crippen molar-refractivity contribution < 1.29 is 22.4 Å². The van der Waals surface area contributed by atoms with Crippen LogP contribution in [0, 0.1) is 0 Å². The number of ether oxygens (including phenoxy) is 1. The van der Waals surface area contributed by atoms with Crippen molar-refractivity contribution in [2.75, 3.05) is 4.31 Å². The molecule has 0 radical (unpaired) electrons. The lowest BCUT2D eigenvalue weighted by atomic mass is 10.3. The average Bonchev–Trinajstić information content (AvgIpc) is 3.08. The summed E-state index contributed by atoms with van der Waals surface area (Å²) in [4.78, 5) is 23.8. The summed E-state index contributed by atoms with van der Waals surface area (Å²) in [6.45, 7) is 0. The number of nitrogens with zero attached hydrogens (tertiary/aromatic N) is 1. The minimum atomic E-state index is -4.36. The molecule has 0 spiro atoms. The van der Waals surface area contributed by atoms with E-state index in [9.17, 15) is 18.0 Å². The van der Waals surface area contributed by atoms with Crippen LogP contribution in [0.15, 0.2) is 86.9 Å². The Bertz CT molecular complexity index is 1380. The summed E-state index contributed by atoms with van der Waals surface area (Å²) < 4.78 is 37.8. The fourth-order valence-corrected chi connectivity index (χ4v) is 4.82. The first-order valence-electron chi connectivity index (χ1n) is 8.46. The van der Waals surface area contributed by atoms with Crippen LogP contribution in [0.5, 0.6) is 5.75 Å². The SMILES string of the molecule is O=C(Oc1ccccc1)N(c1ccc2oc(=O)sc2c1)S(=O)(=O)c1ccc(Cl)cc1. The van der Waals surface area contributed by atoms with Crippen molar-refractivity contribution in [3.05, 3.63) is 87.6 Å². The van der Waals surface area contributed by atoms with Crippen molar-refractivity contribution in [3.8, 4) is 5.75 Å². The zero-order valence-corrected chi connectivity index (χ0v) is 17.4. The first-order chi connectivity index (χ1) is 14.3. The fourth-order valence-electron chi connectivity index (χ4n) is 2.67. The van der Waals surface area contributed by atoms with Crippen LogP contribution < -0.4 is 14.0 Å². The third-order valence-corrected chi connectivity index (χ3v) is 6.76. The standard InChI is InChI=1S/C20H12ClNO6S2/c21-13-6-9-16(10-7-13)30(25,26)22(19(23)27-15-4-2-1-3-5-15)14-8-11-17-18(12-14)29-20(24)28-17/h1-12H. The maximum absolute atomic E-state index is 13.3. The minimum absolute atomic E-state index is 0.00423. The fraction of sp³-hybridized carbons (Fsp3) is 0. The molecule has 10 heteroatoms. The van der Waals surface area contributed by atoms with Crippen molar-refractivity contribution in [1.82, 2.24) is 0 Å². The van der Waals surface area contributed by atoms with E-state index >= 15 is 0 Å². The number of para-hydroxylation sites is 1. The molecule has 0 N–H and O–H groups in total. The predicted octanol–water partition coefficient (Wildman–Crippen LogP) is 4.90. The van der Waals surface area contributed by atoms with Gasteiger partial charge in [0, 0.05) is 5.02 Å². The maximum Gasteiger partial charge on any atom is 0.434 e. The molecule has 0 saturated carbocycles. The number of halogens is 1. The summed E-state index contributed by atoms with van der Waals surface area (Å²) in [5, 5.41) is 0.344. The lowest BCUT2D eigenvalue weighted by molar-refractivity contribution is 0.211. The van der Waals surface area contributed by atoms with Crippen LogP contribution in [0.1, 0.15) is 0 Å². The van der Waals surface area contributed by atoms with Gasteiger partial charge in [-0.15, -0.1) is 0 Å². The van der Waals surface area contributed by atoms with E-state index in [0.29, 0.717) is 14.0 Å². The number of carbonyl (C=O) groups is 1. The van der Waals surface area contributed by atoms with E-state index in [1.807, 2.05) is 0 Å². The molecule has 1 aromatic heterocycles. The van der Waals surface area contributed by atoms with E-state index in [0.717, 1.165) is 11.3 Å². The summed E-state index contributed by atoms with van der Waals surface area (Å²) in [6, 6.07) is 17.6. The molecule has 30 heavy (non-hydrogen) atoms. The van der Waals surface area contributed by atoms with Crippen LogP contribution in [0.25, 0.3) is 10.3 Å². The number of hydrogen-bond donors (Lipinski definition) is 0. The molecule has 4 rings (SSSR count). The molecule has 0 atom stereocenters. The highest BCUT2D eigenvalue weighted by Gasteiger charge is 2.33. The maximum atomic E-state index is 13.3. The second kappa shape index (κ2) is 7.94. The Morgan fingerprint density at radius 3 is 2.40 bits per heavy atom. The highest BCUT2D eigenvalue weighted by atomic mass is 35.5. The molecule has 0 saturated heterocycles. The lowest BCUT2D eigenvalue weighted by Gasteiger charge is -2.22. The molecular weight excluding hydrogens is 450 g/mol. The van der Waals surface area contributed by atoms with Gasteiger partial charge < -0.3 is 9.15 Å². The molecule has 1 heterocycles. The molecule has 152 valence electrons. The molecule has 0 unspecified atom stereocenters. The smallest absolute Gasteiger partial charge is 0.414 e. The number of hydrogen-bond acceptors (Lipinski definition) is 7. The first kappa shape index (κ1) is 20.1. The van der Waals surface area contributed by atoms with Gasteiger partial charge in [-0.2, -0.15) is 4.31 Å². The Morgan fingerprint density at radius 1 is 1.00 bits per heavy atom. The van der Waals surface area contributed by atoms with Gasteiger partial charge in [-0.05, 0) is 54.6 Å². The van der Waals surface area contributed by atoms with Crippen LogP contribution in [0.3, 0.4) is 0 Å². The summed E-state index contributed by atoms with van der Waals surface area (Å²) in [5.41, 5.74) is 0.282. The highest BCUT2D eigenvalue weighted by molar-refractivity contribution is 7.93. The van der Waals surface area contributed by atoms with Crippen LogP contribution >= 0.6 is 22.9 Å². The summed E-state index contributed by atoms with van der Waals surface area (Å²) >= 11 is 6.65. The zero-order valence-electron chi connectivity index (χ0n) is 15.0. The van der Waals surface area contributed by atoms with E-state index in [1.54, 1.807) is 18.2 Å². The molecule has 3 aromatic carbocycles.